The van der Waals surface area contributed by atoms with Gasteiger partial charge in [-0.1, -0.05) is 34.6 Å². The molecular weight excluding hydrogens is 226 g/mol. The molecule has 0 fully saturated rings. The van der Waals surface area contributed by atoms with E-state index in [-0.39, 0.29) is 11.1 Å². The van der Waals surface area contributed by atoms with E-state index in [1.807, 2.05) is 0 Å². The first-order valence-electron chi connectivity index (χ1n) is 6.88. The van der Waals surface area contributed by atoms with Crippen LogP contribution in [-0.2, 0) is 0 Å². The molecule has 0 radical (unpaired) electrons. The van der Waals surface area contributed by atoms with Crippen molar-refractivity contribution in [3.8, 4) is 0 Å². The van der Waals surface area contributed by atoms with Gasteiger partial charge in [0.15, 0.2) is 0 Å². The molecule has 0 amide bonds. The zero-order chi connectivity index (χ0) is 13.9. The van der Waals surface area contributed by atoms with Crippen molar-refractivity contribution in [2.24, 2.45) is 0 Å². The summed E-state index contributed by atoms with van der Waals surface area (Å²) >= 11 is 2.05. The van der Waals surface area contributed by atoms with Gasteiger partial charge in [-0.25, -0.2) is 0 Å². The first kappa shape index (κ1) is 17.3. The van der Waals surface area contributed by atoms with Gasteiger partial charge in [0.05, 0.1) is 0 Å². The van der Waals surface area contributed by atoms with Crippen LogP contribution in [0.3, 0.4) is 0 Å². The molecule has 1 nitrogen and oxygen atoms in total. The molecule has 0 bridgehead atoms. The Kier molecular flexibility index (Phi) is 6.08. The molecule has 0 saturated carbocycles. The fraction of sp³-hybridized carbons (Fsp3) is 1.00. The molecule has 0 rings (SSSR count). The minimum absolute atomic E-state index is 0.276. The largest absolute Gasteiger partial charge is 0.284 e. The van der Waals surface area contributed by atoms with Gasteiger partial charge in [0, 0.05) is 21.7 Å². The standard InChI is InChI=1S/C15H33NS/c1-10-14(6,7)16(15(8,9)11-2)12-17-13(3,4)5/h10-12H2,1-9H3. The Morgan fingerprint density at radius 1 is 0.765 bits per heavy atom. The smallest absolute Gasteiger partial charge is 0.0460 e. The Bertz CT molecular complexity index is 210. The molecule has 0 spiro atoms. The highest BCUT2D eigenvalue weighted by Crippen LogP contribution is 2.35. The second kappa shape index (κ2) is 5.97. The summed E-state index contributed by atoms with van der Waals surface area (Å²) in [6.45, 7) is 21.0. The summed E-state index contributed by atoms with van der Waals surface area (Å²) in [7, 11) is 0. The number of rotatable bonds is 6. The lowest BCUT2D eigenvalue weighted by molar-refractivity contribution is 0.0321. The van der Waals surface area contributed by atoms with E-state index in [4.69, 9.17) is 0 Å². The summed E-state index contributed by atoms with van der Waals surface area (Å²) in [5.41, 5.74) is 0.551. The van der Waals surface area contributed by atoms with Crippen LogP contribution in [0.5, 0.6) is 0 Å². The van der Waals surface area contributed by atoms with Gasteiger partial charge in [-0.05, 0) is 40.5 Å². The minimum atomic E-state index is 0.276. The number of hydrogen-bond acceptors (Lipinski definition) is 2. The summed E-state index contributed by atoms with van der Waals surface area (Å²) in [5, 5.41) is 0. The molecule has 0 aromatic heterocycles. The molecule has 0 aliphatic rings. The normalized spacial score (nSPS) is 14.5. The van der Waals surface area contributed by atoms with E-state index < -0.39 is 0 Å². The zero-order valence-corrected chi connectivity index (χ0v) is 14.3. The van der Waals surface area contributed by atoms with Gasteiger partial charge in [0.25, 0.3) is 0 Å². The van der Waals surface area contributed by atoms with Crippen LogP contribution < -0.4 is 0 Å². The van der Waals surface area contributed by atoms with Crippen LogP contribution in [0.25, 0.3) is 0 Å². The van der Waals surface area contributed by atoms with Gasteiger partial charge in [-0.15, -0.1) is 11.8 Å². The van der Waals surface area contributed by atoms with Crippen LogP contribution in [0.1, 0.15) is 75.2 Å². The first-order valence-corrected chi connectivity index (χ1v) is 7.86. The van der Waals surface area contributed by atoms with Crippen molar-refractivity contribution in [1.82, 2.24) is 4.90 Å². The molecule has 0 heterocycles. The van der Waals surface area contributed by atoms with Gasteiger partial charge >= 0.3 is 0 Å². The maximum atomic E-state index is 2.68. The third kappa shape index (κ3) is 5.65. The van der Waals surface area contributed by atoms with E-state index >= 15 is 0 Å². The van der Waals surface area contributed by atoms with Crippen molar-refractivity contribution in [2.45, 2.75) is 91.0 Å². The van der Waals surface area contributed by atoms with Crippen LogP contribution in [0.4, 0.5) is 0 Å². The molecule has 0 aromatic carbocycles. The SMILES string of the molecule is CCC(C)(C)N(CSC(C)(C)C)C(C)(C)CC. The molecule has 0 aromatic rings. The lowest BCUT2D eigenvalue weighted by atomic mass is 9.90. The Hall–Kier alpha value is 0.310. The molecular formula is C15H33NS. The van der Waals surface area contributed by atoms with Gasteiger partial charge in [0.2, 0.25) is 0 Å². The minimum Gasteiger partial charge on any atom is -0.284 e. The number of thioether (sulfide) groups is 1. The molecule has 0 aliphatic heterocycles. The Morgan fingerprint density at radius 2 is 1.12 bits per heavy atom. The highest BCUT2D eigenvalue weighted by molar-refractivity contribution is 8.00. The average Bonchev–Trinajstić information content (AvgIpc) is 2.15. The maximum absolute atomic E-state index is 2.68. The van der Waals surface area contributed by atoms with E-state index in [1.165, 1.54) is 12.8 Å². The van der Waals surface area contributed by atoms with Gasteiger partial charge in [-0.3, -0.25) is 4.90 Å². The maximum Gasteiger partial charge on any atom is 0.0460 e. The fourth-order valence-electron chi connectivity index (χ4n) is 1.81. The van der Waals surface area contributed by atoms with E-state index in [0.717, 1.165) is 5.88 Å². The Labute approximate surface area is 114 Å². The first-order chi connectivity index (χ1) is 7.46. The summed E-state index contributed by atoms with van der Waals surface area (Å²) in [6, 6.07) is 0. The van der Waals surface area contributed by atoms with Crippen molar-refractivity contribution in [3.63, 3.8) is 0 Å². The van der Waals surface area contributed by atoms with Crippen LogP contribution in [0.15, 0.2) is 0 Å². The number of hydrogen-bond donors (Lipinski definition) is 0. The van der Waals surface area contributed by atoms with Crippen molar-refractivity contribution >= 4 is 11.8 Å². The molecule has 17 heavy (non-hydrogen) atoms. The molecule has 104 valence electrons. The highest BCUT2D eigenvalue weighted by atomic mass is 32.2. The Balaban J connectivity index is 4.89. The van der Waals surface area contributed by atoms with Crippen molar-refractivity contribution < 1.29 is 0 Å². The van der Waals surface area contributed by atoms with Gasteiger partial charge in [0.1, 0.15) is 0 Å². The topological polar surface area (TPSA) is 3.24 Å². The monoisotopic (exact) mass is 259 g/mol. The van der Waals surface area contributed by atoms with Crippen molar-refractivity contribution in [2.75, 3.05) is 5.88 Å². The van der Waals surface area contributed by atoms with E-state index in [1.54, 1.807) is 0 Å². The summed E-state index contributed by atoms with van der Waals surface area (Å²) in [6.07, 6.45) is 2.39. The van der Waals surface area contributed by atoms with Crippen LogP contribution in [-0.4, -0.2) is 26.6 Å². The van der Waals surface area contributed by atoms with E-state index in [2.05, 4.69) is 79.0 Å². The molecule has 0 N–H and O–H groups in total. The fourth-order valence-corrected chi connectivity index (χ4v) is 3.02. The average molecular weight is 260 g/mol. The molecule has 0 unspecified atom stereocenters. The van der Waals surface area contributed by atoms with Crippen LogP contribution in [0.2, 0.25) is 0 Å². The van der Waals surface area contributed by atoms with E-state index in [0.29, 0.717) is 4.75 Å². The van der Waals surface area contributed by atoms with E-state index in [9.17, 15) is 0 Å². The second-order valence-electron chi connectivity index (χ2n) is 7.15. The lowest BCUT2D eigenvalue weighted by Gasteiger charge is -2.49. The predicted molar refractivity (Wildman–Crippen MR) is 82.8 cm³/mol. The molecule has 2 heteroatoms. The highest BCUT2D eigenvalue weighted by Gasteiger charge is 2.36. The van der Waals surface area contributed by atoms with Crippen LogP contribution in [0, 0.1) is 0 Å². The predicted octanol–water partition coefficient (Wildman–Crippen LogP) is 5.15. The quantitative estimate of drug-likeness (QED) is 0.607. The summed E-state index contributed by atoms with van der Waals surface area (Å²) in [5.74, 6) is 1.12. The number of nitrogens with zero attached hydrogens (tertiary/aromatic N) is 1. The van der Waals surface area contributed by atoms with Crippen molar-refractivity contribution in [1.29, 1.82) is 0 Å². The summed E-state index contributed by atoms with van der Waals surface area (Å²) < 4.78 is 0.339. The second-order valence-corrected chi connectivity index (χ2v) is 8.92. The summed E-state index contributed by atoms with van der Waals surface area (Å²) in [4.78, 5) is 2.68. The molecule has 0 aliphatic carbocycles. The van der Waals surface area contributed by atoms with Crippen molar-refractivity contribution in [3.05, 3.63) is 0 Å². The van der Waals surface area contributed by atoms with Gasteiger partial charge in [-0.2, -0.15) is 0 Å². The third-order valence-corrected chi connectivity index (χ3v) is 5.07. The zero-order valence-electron chi connectivity index (χ0n) is 13.5. The molecule has 0 saturated heterocycles. The Morgan fingerprint density at radius 3 is 1.35 bits per heavy atom. The van der Waals surface area contributed by atoms with Crippen LogP contribution >= 0.6 is 11.8 Å². The third-order valence-electron chi connectivity index (χ3n) is 3.82. The lowest BCUT2D eigenvalue weighted by Crippen LogP contribution is -2.55. The van der Waals surface area contributed by atoms with Gasteiger partial charge < -0.3 is 0 Å². The molecule has 0 atom stereocenters.